The van der Waals surface area contributed by atoms with Gasteiger partial charge in [-0.25, -0.2) is 0 Å². The fourth-order valence-corrected chi connectivity index (χ4v) is 2.96. The Morgan fingerprint density at radius 2 is 1.88 bits per heavy atom. The number of likely N-dealkylation sites (N-methyl/N-ethyl adjacent to an activating group) is 1. The van der Waals surface area contributed by atoms with Crippen LogP contribution in [0.25, 0.3) is 0 Å². The molecule has 1 heterocycles. The van der Waals surface area contributed by atoms with Gasteiger partial charge in [0.1, 0.15) is 0 Å². The second-order valence-corrected chi connectivity index (χ2v) is 5.50. The van der Waals surface area contributed by atoms with Gasteiger partial charge in [-0.15, -0.1) is 0 Å². The van der Waals surface area contributed by atoms with Crippen LogP contribution in [0.5, 0.6) is 0 Å². The molecular weight excluding hydrogens is 200 g/mol. The lowest BCUT2D eigenvalue weighted by Gasteiger charge is -2.36. The minimum Gasteiger partial charge on any atom is -0.377 e. The van der Waals surface area contributed by atoms with E-state index >= 15 is 0 Å². The zero-order valence-corrected chi connectivity index (χ0v) is 10.5. The molecule has 16 heavy (non-hydrogen) atoms. The highest BCUT2D eigenvalue weighted by atomic mass is 16.5. The summed E-state index contributed by atoms with van der Waals surface area (Å²) < 4.78 is 5.79. The Bertz CT molecular complexity index is 196. The number of hydrogen-bond acceptors (Lipinski definition) is 3. The summed E-state index contributed by atoms with van der Waals surface area (Å²) in [7, 11) is 2.25. The molecule has 1 atom stereocenters. The van der Waals surface area contributed by atoms with Gasteiger partial charge in [0.2, 0.25) is 0 Å². The van der Waals surface area contributed by atoms with Gasteiger partial charge in [0.25, 0.3) is 0 Å². The highest BCUT2D eigenvalue weighted by Crippen LogP contribution is 2.22. The maximum absolute atomic E-state index is 5.94. The molecule has 1 saturated carbocycles. The second-order valence-electron chi connectivity index (χ2n) is 5.50. The molecule has 3 heteroatoms. The second kappa shape index (κ2) is 5.99. The third-order valence-electron chi connectivity index (χ3n) is 4.13. The van der Waals surface area contributed by atoms with Crippen molar-refractivity contribution in [2.45, 2.75) is 63.1 Å². The highest BCUT2D eigenvalue weighted by molar-refractivity contribution is 4.81. The van der Waals surface area contributed by atoms with E-state index in [0.29, 0.717) is 12.1 Å². The average molecular weight is 226 g/mol. The summed E-state index contributed by atoms with van der Waals surface area (Å²) in [4.78, 5) is 2.50. The molecule has 2 fully saturated rings. The van der Waals surface area contributed by atoms with Crippen LogP contribution in [0.4, 0.5) is 0 Å². The van der Waals surface area contributed by atoms with E-state index in [1.54, 1.807) is 0 Å². The summed E-state index contributed by atoms with van der Waals surface area (Å²) in [6.07, 6.45) is 9.24. The Morgan fingerprint density at radius 1 is 1.12 bits per heavy atom. The molecule has 1 aliphatic heterocycles. The van der Waals surface area contributed by atoms with Gasteiger partial charge < -0.3 is 15.4 Å². The third kappa shape index (κ3) is 3.44. The van der Waals surface area contributed by atoms with E-state index in [9.17, 15) is 0 Å². The van der Waals surface area contributed by atoms with Crippen molar-refractivity contribution >= 4 is 0 Å². The van der Waals surface area contributed by atoms with Crippen LogP contribution in [0.1, 0.15) is 44.9 Å². The van der Waals surface area contributed by atoms with Crippen LogP contribution in [0.2, 0.25) is 0 Å². The predicted molar refractivity (Wildman–Crippen MR) is 66.5 cm³/mol. The largest absolute Gasteiger partial charge is 0.377 e. The van der Waals surface area contributed by atoms with Crippen molar-refractivity contribution in [2.75, 3.05) is 20.2 Å². The molecule has 0 spiro atoms. The maximum atomic E-state index is 5.94. The smallest absolute Gasteiger partial charge is 0.0702 e. The Labute approximate surface area is 99.3 Å². The van der Waals surface area contributed by atoms with Gasteiger partial charge in [0, 0.05) is 25.2 Å². The molecule has 2 aliphatic rings. The molecule has 2 rings (SSSR count). The number of nitrogens with zero attached hydrogens (tertiary/aromatic N) is 1. The topological polar surface area (TPSA) is 38.5 Å². The number of ether oxygens (including phenoxy) is 1. The Balaban J connectivity index is 1.72. The monoisotopic (exact) mass is 226 g/mol. The molecule has 94 valence electrons. The lowest BCUT2D eigenvalue weighted by molar-refractivity contribution is -0.0112. The van der Waals surface area contributed by atoms with E-state index in [0.717, 1.165) is 19.2 Å². The normalized spacial score (nSPS) is 36.6. The quantitative estimate of drug-likeness (QED) is 0.797. The standard InChI is InChI=1S/C13H26N2O/c1-15(10-13-4-2-3-9-16-13)12-7-5-11(14)6-8-12/h11-13H,2-10,14H2,1H3. The van der Waals surface area contributed by atoms with Crippen molar-refractivity contribution in [3.05, 3.63) is 0 Å². The lowest BCUT2D eigenvalue weighted by atomic mass is 9.90. The molecule has 0 radical (unpaired) electrons. The van der Waals surface area contributed by atoms with Crippen molar-refractivity contribution in [2.24, 2.45) is 5.73 Å². The fraction of sp³-hybridized carbons (Fsp3) is 1.00. The van der Waals surface area contributed by atoms with E-state index in [1.807, 2.05) is 0 Å². The highest BCUT2D eigenvalue weighted by Gasteiger charge is 2.24. The van der Waals surface area contributed by atoms with E-state index in [2.05, 4.69) is 11.9 Å². The molecule has 1 saturated heterocycles. The van der Waals surface area contributed by atoms with Gasteiger partial charge in [-0.05, 0) is 52.0 Å². The summed E-state index contributed by atoms with van der Waals surface area (Å²) in [5.41, 5.74) is 5.94. The number of rotatable bonds is 3. The van der Waals surface area contributed by atoms with Crippen LogP contribution in [-0.4, -0.2) is 43.3 Å². The van der Waals surface area contributed by atoms with Crippen molar-refractivity contribution in [3.63, 3.8) is 0 Å². The molecule has 1 aliphatic carbocycles. The van der Waals surface area contributed by atoms with Crippen LogP contribution < -0.4 is 5.73 Å². The van der Waals surface area contributed by atoms with Crippen LogP contribution >= 0.6 is 0 Å². The van der Waals surface area contributed by atoms with Crippen molar-refractivity contribution < 1.29 is 4.74 Å². The molecule has 1 unspecified atom stereocenters. The maximum Gasteiger partial charge on any atom is 0.0702 e. The van der Waals surface area contributed by atoms with Crippen molar-refractivity contribution in [1.82, 2.24) is 4.90 Å². The molecule has 0 bridgehead atoms. The molecule has 0 amide bonds. The van der Waals surface area contributed by atoms with Gasteiger partial charge in [0.05, 0.1) is 6.10 Å². The third-order valence-corrected chi connectivity index (χ3v) is 4.13. The lowest BCUT2D eigenvalue weighted by Crippen LogP contribution is -2.43. The minimum absolute atomic E-state index is 0.454. The summed E-state index contributed by atoms with van der Waals surface area (Å²) in [6, 6.07) is 1.20. The summed E-state index contributed by atoms with van der Waals surface area (Å²) in [5.74, 6) is 0. The molecule has 0 aromatic heterocycles. The first-order chi connectivity index (χ1) is 7.75. The first kappa shape index (κ1) is 12.3. The van der Waals surface area contributed by atoms with Gasteiger partial charge in [0.15, 0.2) is 0 Å². The zero-order valence-electron chi connectivity index (χ0n) is 10.5. The van der Waals surface area contributed by atoms with E-state index in [1.165, 1.54) is 44.9 Å². The first-order valence-corrected chi connectivity index (χ1v) is 6.83. The molecule has 2 N–H and O–H groups in total. The predicted octanol–water partition coefficient (Wildman–Crippen LogP) is 1.76. The Kier molecular flexibility index (Phi) is 4.62. The van der Waals surface area contributed by atoms with Gasteiger partial charge in [-0.3, -0.25) is 0 Å². The van der Waals surface area contributed by atoms with E-state index in [4.69, 9.17) is 10.5 Å². The molecular formula is C13H26N2O. The van der Waals surface area contributed by atoms with E-state index < -0.39 is 0 Å². The molecule has 0 aromatic rings. The minimum atomic E-state index is 0.454. The van der Waals surface area contributed by atoms with Crippen LogP contribution in [0.15, 0.2) is 0 Å². The fourth-order valence-electron chi connectivity index (χ4n) is 2.96. The zero-order chi connectivity index (χ0) is 11.4. The molecule has 0 aromatic carbocycles. The van der Waals surface area contributed by atoms with Crippen LogP contribution in [-0.2, 0) is 4.74 Å². The van der Waals surface area contributed by atoms with Gasteiger partial charge in [-0.1, -0.05) is 0 Å². The van der Waals surface area contributed by atoms with Gasteiger partial charge in [-0.2, -0.15) is 0 Å². The SMILES string of the molecule is CN(CC1CCCCO1)C1CCC(N)CC1. The summed E-state index contributed by atoms with van der Waals surface area (Å²) in [6.45, 7) is 2.08. The number of nitrogens with two attached hydrogens (primary N) is 1. The Hall–Kier alpha value is -0.120. The van der Waals surface area contributed by atoms with Crippen LogP contribution in [0, 0.1) is 0 Å². The Morgan fingerprint density at radius 3 is 2.50 bits per heavy atom. The van der Waals surface area contributed by atoms with Crippen molar-refractivity contribution in [1.29, 1.82) is 0 Å². The first-order valence-electron chi connectivity index (χ1n) is 6.83. The van der Waals surface area contributed by atoms with Gasteiger partial charge >= 0.3 is 0 Å². The van der Waals surface area contributed by atoms with Crippen LogP contribution in [0.3, 0.4) is 0 Å². The summed E-state index contributed by atoms with van der Waals surface area (Å²) in [5, 5.41) is 0. The van der Waals surface area contributed by atoms with E-state index in [-0.39, 0.29) is 0 Å². The average Bonchev–Trinajstić information content (AvgIpc) is 2.31. The van der Waals surface area contributed by atoms with Crippen molar-refractivity contribution in [3.8, 4) is 0 Å². The number of hydrogen-bond donors (Lipinski definition) is 1. The summed E-state index contributed by atoms with van der Waals surface area (Å²) >= 11 is 0. The molecule has 3 nitrogen and oxygen atoms in total.